The van der Waals surface area contributed by atoms with Crippen LogP contribution >= 0.6 is 0 Å². The van der Waals surface area contributed by atoms with Gasteiger partial charge in [0.25, 0.3) is 0 Å². The molecular formula is C20H39N3O2. The van der Waals surface area contributed by atoms with Crippen LogP contribution < -0.4 is 0 Å². The SMILES string of the molecule is CC(C)CCN1CCC(OC(=O)CCN2CCN(C(C)C)CC2)CC1. The highest BCUT2D eigenvalue weighted by Crippen LogP contribution is 2.16. The van der Waals surface area contributed by atoms with Crippen LogP contribution in [-0.2, 0) is 9.53 Å². The molecule has 0 spiro atoms. The molecule has 0 unspecified atom stereocenters. The summed E-state index contributed by atoms with van der Waals surface area (Å²) in [6.07, 6.45) is 3.93. The molecule has 0 atom stereocenters. The summed E-state index contributed by atoms with van der Waals surface area (Å²) >= 11 is 0. The maximum absolute atomic E-state index is 12.2. The average Bonchev–Trinajstić information content (AvgIpc) is 2.59. The standard InChI is InChI=1S/C20H39N3O2/c1-17(2)5-9-21-10-6-19(7-11-21)25-20(24)8-12-22-13-15-23(16-14-22)18(3)4/h17-19H,5-16H2,1-4H3. The van der Waals surface area contributed by atoms with E-state index >= 15 is 0 Å². The molecule has 0 radical (unpaired) electrons. The number of nitrogens with zero attached hydrogens (tertiary/aromatic N) is 3. The Morgan fingerprint density at radius 3 is 2.08 bits per heavy atom. The Labute approximate surface area is 154 Å². The molecule has 0 bridgehead atoms. The van der Waals surface area contributed by atoms with Crippen molar-refractivity contribution in [2.75, 3.05) is 52.4 Å². The lowest BCUT2D eigenvalue weighted by molar-refractivity contribution is -0.151. The highest BCUT2D eigenvalue weighted by molar-refractivity contribution is 5.69. The summed E-state index contributed by atoms with van der Waals surface area (Å²) in [7, 11) is 0. The smallest absolute Gasteiger partial charge is 0.307 e. The van der Waals surface area contributed by atoms with E-state index in [0.717, 1.165) is 64.6 Å². The predicted molar refractivity (Wildman–Crippen MR) is 103 cm³/mol. The Morgan fingerprint density at radius 1 is 0.920 bits per heavy atom. The summed E-state index contributed by atoms with van der Waals surface area (Å²) in [5, 5.41) is 0. The van der Waals surface area contributed by atoms with Gasteiger partial charge in [0.1, 0.15) is 6.10 Å². The van der Waals surface area contributed by atoms with E-state index in [1.807, 2.05) is 0 Å². The van der Waals surface area contributed by atoms with Crippen LogP contribution in [0.3, 0.4) is 0 Å². The molecule has 2 heterocycles. The molecule has 2 saturated heterocycles. The van der Waals surface area contributed by atoms with Gasteiger partial charge in [-0.2, -0.15) is 0 Å². The van der Waals surface area contributed by atoms with Crippen molar-refractivity contribution in [3.63, 3.8) is 0 Å². The fourth-order valence-electron chi connectivity index (χ4n) is 3.69. The third-order valence-electron chi connectivity index (χ3n) is 5.62. The fourth-order valence-corrected chi connectivity index (χ4v) is 3.69. The molecule has 0 aliphatic carbocycles. The number of ether oxygens (including phenoxy) is 1. The van der Waals surface area contributed by atoms with E-state index < -0.39 is 0 Å². The van der Waals surface area contributed by atoms with E-state index in [1.54, 1.807) is 0 Å². The van der Waals surface area contributed by atoms with E-state index in [2.05, 4.69) is 42.4 Å². The monoisotopic (exact) mass is 353 g/mol. The molecule has 0 aromatic carbocycles. The van der Waals surface area contributed by atoms with E-state index in [9.17, 15) is 4.79 Å². The first kappa shape index (κ1) is 20.7. The molecule has 2 aliphatic heterocycles. The van der Waals surface area contributed by atoms with Gasteiger partial charge in [0, 0.05) is 51.9 Å². The van der Waals surface area contributed by atoms with Crippen LogP contribution in [0, 0.1) is 5.92 Å². The number of esters is 1. The molecule has 5 heteroatoms. The van der Waals surface area contributed by atoms with Crippen molar-refractivity contribution in [1.29, 1.82) is 0 Å². The summed E-state index contributed by atoms with van der Waals surface area (Å²) in [5.74, 6) is 0.755. The fraction of sp³-hybridized carbons (Fsp3) is 0.950. The van der Waals surface area contributed by atoms with Gasteiger partial charge in [-0.25, -0.2) is 0 Å². The van der Waals surface area contributed by atoms with Crippen molar-refractivity contribution < 1.29 is 9.53 Å². The largest absolute Gasteiger partial charge is 0.462 e. The van der Waals surface area contributed by atoms with Crippen LogP contribution in [-0.4, -0.2) is 85.2 Å². The van der Waals surface area contributed by atoms with E-state index in [1.165, 1.54) is 13.0 Å². The molecule has 0 aromatic rings. The van der Waals surface area contributed by atoms with Gasteiger partial charge in [0.05, 0.1) is 6.42 Å². The van der Waals surface area contributed by atoms with Crippen molar-refractivity contribution in [3.8, 4) is 0 Å². The number of rotatable bonds is 8. The van der Waals surface area contributed by atoms with Gasteiger partial charge in [-0.15, -0.1) is 0 Å². The van der Waals surface area contributed by atoms with Gasteiger partial charge in [0.2, 0.25) is 0 Å². The number of likely N-dealkylation sites (tertiary alicyclic amines) is 1. The summed E-state index contributed by atoms with van der Waals surface area (Å²) in [5.41, 5.74) is 0. The Hall–Kier alpha value is -0.650. The molecule has 25 heavy (non-hydrogen) atoms. The average molecular weight is 354 g/mol. The number of hydrogen-bond acceptors (Lipinski definition) is 5. The topological polar surface area (TPSA) is 36.0 Å². The van der Waals surface area contributed by atoms with Gasteiger partial charge in [-0.05, 0) is 45.6 Å². The highest BCUT2D eigenvalue weighted by atomic mass is 16.5. The Kier molecular flexibility index (Phi) is 8.67. The minimum Gasteiger partial charge on any atom is -0.462 e. The van der Waals surface area contributed by atoms with Crippen LogP contribution in [0.4, 0.5) is 0 Å². The lowest BCUT2D eigenvalue weighted by Crippen LogP contribution is -2.49. The molecule has 0 amide bonds. The van der Waals surface area contributed by atoms with Crippen LogP contribution in [0.2, 0.25) is 0 Å². The zero-order valence-electron chi connectivity index (χ0n) is 16.9. The van der Waals surface area contributed by atoms with Crippen LogP contribution in [0.25, 0.3) is 0 Å². The van der Waals surface area contributed by atoms with E-state index in [4.69, 9.17) is 4.74 Å². The maximum atomic E-state index is 12.2. The van der Waals surface area contributed by atoms with Gasteiger partial charge < -0.3 is 14.5 Å². The lowest BCUT2D eigenvalue weighted by Gasteiger charge is -2.37. The second-order valence-corrected chi connectivity index (χ2v) is 8.43. The number of hydrogen-bond donors (Lipinski definition) is 0. The molecule has 0 aromatic heterocycles. The first-order valence-electron chi connectivity index (χ1n) is 10.3. The van der Waals surface area contributed by atoms with Crippen LogP contribution in [0.15, 0.2) is 0 Å². The zero-order valence-corrected chi connectivity index (χ0v) is 16.9. The Bertz CT molecular complexity index is 384. The van der Waals surface area contributed by atoms with Gasteiger partial charge in [0.15, 0.2) is 0 Å². The second kappa shape index (κ2) is 10.5. The zero-order chi connectivity index (χ0) is 18.2. The summed E-state index contributed by atoms with van der Waals surface area (Å²) in [6, 6.07) is 0.624. The van der Waals surface area contributed by atoms with Crippen molar-refractivity contribution in [2.45, 2.75) is 65.5 Å². The third-order valence-corrected chi connectivity index (χ3v) is 5.62. The van der Waals surface area contributed by atoms with Gasteiger partial charge in [-0.1, -0.05) is 13.8 Å². The molecule has 2 aliphatic rings. The maximum Gasteiger partial charge on any atom is 0.307 e. The summed E-state index contributed by atoms with van der Waals surface area (Å²) in [6.45, 7) is 17.6. The first-order chi connectivity index (χ1) is 11.9. The molecule has 146 valence electrons. The van der Waals surface area contributed by atoms with E-state index in [-0.39, 0.29) is 12.1 Å². The minimum atomic E-state index is -0.00748. The van der Waals surface area contributed by atoms with Crippen molar-refractivity contribution in [1.82, 2.24) is 14.7 Å². The molecular weight excluding hydrogens is 314 g/mol. The number of piperidine rings is 1. The predicted octanol–water partition coefficient (Wildman–Crippen LogP) is 2.46. The minimum absolute atomic E-state index is 0.00748. The van der Waals surface area contributed by atoms with Crippen molar-refractivity contribution in [3.05, 3.63) is 0 Å². The molecule has 0 saturated carbocycles. The van der Waals surface area contributed by atoms with E-state index in [0.29, 0.717) is 12.5 Å². The quantitative estimate of drug-likeness (QED) is 0.627. The number of carbonyl (C=O) groups excluding carboxylic acids is 1. The molecule has 2 rings (SSSR count). The summed E-state index contributed by atoms with van der Waals surface area (Å²) in [4.78, 5) is 19.6. The van der Waals surface area contributed by atoms with Crippen molar-refractivity contribution >= 4 is 5.97 Å². The van der Waals surface area contributed by atoms with Crippen LogP contribution in [0.5, 0.6) is 0 Å². The second-order valence-electron chi connectivity index (χ2n) is 8.43. The first-order valence-corrected chi connectivity index (χ1v) is 10.3. The number of piperazine rings is 1. The molecule has 0 N–H and O–H groups in total. The Balaban J connectivity index is 1.56. The molecule has 5 nitrogen and oxygen atoms in total. The third kappa shape index (κ3) is 7.63. The van der Waals surface area contributed by atoms with Crippen molar-refractivity contribution in [2.24, 2.45) is 5.92 Å². The summed E-state index contributed by atoms with van der Waals surface area (Å²) < 4.78 is 5.71. The Morgan fingerprint density at radius 2 is 1.52 bits per heavy atom. The lowest BCUT2D eigenvalue weighted by atomic mass is 10.1. The van der Waals surface area contributed by atoms with Crippen LogP contribution in [0.1, 0.15) is 53.4 Å². The van der Waals surface area contributed by atoms with Gasteiger partial charge >= 0.3 is 5.97 Å². The normalized spacial score (nSPS) is 22.0. The number of carbonyl (C=O) groups is 1. The highest BCUT2D eigenvalue weighted by Gasteiger charge is 2.23. The van der Waals surface area contributed by atoms with Gasteiger partial charge in [-0.3, -0.25) is 9.69 Å². The molecule has 2 fully saturated rings.